The van der Waals surface area contributed by atoms with Crippen molar-refractivity contribution in [1.82, 2.24) is 9.13 Å². The van der Waals surface area contributed by atoms with Gasteiger partial charge in [0.05, 0.1) is 12.7 Å². The lowest BCUT2D eigenvalue weighted by Gasteiger charge is -2.14. The minimum atomic E-state index is -0.536. The molecule has 24 heavy (non-hydrogen) atoms. The van der Waals surface area contributed by atoms with Crippen LogP contribution in [0.5, 0.6) is 0 Å². The number of carbonyl (C=O) groups is 1. The number of hydrogen-bond acceptors (Lipinski definition) is 4. The zero-order chi connectivity index (χ0) is 17.9. The quantitative estimate of drug-likeness (QED) is 0.785. The summed E-state index contributed by atoms with van der Waals surface area (Å²) < 4.78 is 7.06. The Bertz CT molecular complexity index is 878. The second-order valence-corrected chi connectivity index (χ2v) is 5.73. The smallest absolute Gasteiger partial charge is 0.331 e. The van der Waals surface area contributed by atoms with Gasteiger partial charge in [0.2, 0.25) is 0 Å². The van der Waals surface area contributed by atoms with Crippen molar-refractivity contribution in [2.45, 2.75) is 40.3 Å². The lowest BCUT2D eigenvalue weighted by molar-refractivity contribution is -0.141. The first-order valence-corrected chi connectivity index (χ1v) is 7.88. The predicted octanol–water partition coefficient (Wildman–Crippen LogP) is 1.88. The van der Waals surface area contributed by atoms with E-state index in [1.165, 1.54) is 22.4 Å². The van der Waals surface area contributed by atoms with Crippen LogP contribution in [0.25, 0.3) is 11.1 Å². The maximum Gasteiger partial charge on any atom is 0.331 e. The fraction of sp³-hybridized carbons (Fsp3) is 0.389. The average molecular weight is 330 g/mol. The Balaban J connectivity index is 2.75. The molecule has 0 bridgehead atoms. The molecular formula is C18H22N2O4. The first kappa shape index (κ1) is 17.7. The molecule has 1 aromatic heterocycles. The minimum Gasteiger partial charge on any atom is -0.468 e. The Morgan fingerprint density at radius 2 is 1.88 bits per heavy atom. The highest BCUT2D eigenvalue weighted by Crippen LogP contribution is 2.22. The molecule has 0 amide bonds. The summed E-state index contributed by atoms with van der Waals surface area (Å²) in [6, 6.07) is 5.69. The van der Waals surface area contributed by atoms with Crippen LogP contribution in [0.1, 0.15) is 24.5 Å². The van der Waals surface area contributed by atoms with E-state index in [2.05, 4.69) is 4.74 Å². The normalized spacial score (nSPS) is 10.7. The highest BCUT2D eigenvalue weighted by Gasteiger charge is 2.16. The van der Waals surface area contributed by atoms with Crippen LogP contribution in [-0.2, 0) is 22.6 Å². The van der Waals surface area contributed by atoms with Crippen molar-refractivity contribution in [3.63, 3.8) is 0 Å². The molecule has 0 spiro atoms. The number of aryl methyl sites for hydroxylation is 1. The van der Waals surface area contributed by atoms with Gasteiger partial charge in [-0.15, -0.1) is 0 Å². The van der Waals surface area contributed by atoms with Crippen LogP contribution in [0, 0.1) is 13.8 Å². The highest BCUT2D eigenvalue weighted by molar-refractivity contribution is 5.70. The molecule has 1 aromatic carbocycles. The number of methoxy groups -OCH3 is 1. The van der Waals surface area contributed by atoms with Crippen LogP contribution in [0.2, 0.25) is 0 Å². The van der Waals surface area contributed by atoms with E-state index in [1.54, 1.807) is 0 Å². The number of ether oxygens (including phenoxy) is 1. The molecule has 0 atom stereocenters. The van der Waals surface area contributed by atoms with E-state index >= 15 is 0 Å². The van der Waals surface area contributed by atoms with Crippen LogP contribution >= 0.6 is 0 Å². The second kappa shape index (κ2) is 7.29. The van der Waals surface area contributed by atoms with Gasteiger partial charge >= 0.3 is 11.7 Å². The van der Waals surface area contributed by atoms with Crippen molar-refractivity contribution in [1.29, 1.82) is 0 Å². The highest BCUT2D eigenvalue weighted by atomic mass is 16.5. The van der Waals surface area contributed by atoms with Gasteiger partial charge in [0.1, 0.15) is 6.54 Å². The maximum atomic E-state index is 12.8. The van der Waals surface area contributed by atoms with E-state index in [4.69, 9.17) is 0 Å². The third-order valence-corrected chi connectivity index (χ3v) is 4.11. The zero-order valence-electron chi connectivity index (χ0n) is 14.5. The molecule has 2 aromatic rings. The minimum absolute atomic E-state index is 0.225. The van der Waals surface area contributed by atoms with Gasteiger partial charge in [0.15, 0.2) is 0 Å². The number of benzene rings is 1. The predicted molar refractivity (Wildman–Crippen MR) is 92.2 cm³/mol. The van der Waals surface area contributed by atoms with Crippen molar-refractivity contribution in [2.75, 3.05) is 7.11 Å². The molecule has 0 aliphatic rings. The molecule has 6 nitrogen and oxygen atoms in total. The number of rotatable bonds is 5. The van der Waals surface area contributed by atoms with Gasteiger partial charge in [0, 0.05) is 12.7 Å². The van der Waals surface area contributed by atoms with Gasteiger partial charge in [-0.2, -0.15) is 0 Å². The third kappa shape index (κ3) is 3.32. The van der Waals surface area contributed by atoms with Crippen molar-refractivity contribution in [2.24, 2.45) is 0 Å². The van der Waals surface area contributed by atoms with Crippen molar-refractivity contribution >= 4 is 5.97 Å². The molecule has 0 saturated heterocycles. The summed E-state index contributed by atoms with van der Waals surface area (Å²) in [6.07, 6.45) is 2.10. The number of aromatic nitrogens is 2. The van der Waals surface area contributed by atoms with E-state index < -0.39 is 11.7 Å². The van der Waals surface area contributed by atoms with Gasteiger partial charge in [-0.3, -0.25) is 18.7 Å². The third-order valence-electron chi connectivity index (χ3n) is 4.11. The Morgan fingerprint density at radius 3 is 2.50 bits per heavy atom. The van der Waals surface area contributed by atoms with E-state index in [9.17, 15) is 14.4 Å². The fourth-order valence-corrected chi connectivity index (χ4v) is 2.62. The van der Waals surface area contributed by atoms with E-state index in [0.717, 1.165) is 16.7 Å². The van der Waals surface area contributed by atoms with Gasteiger partial charge in [-0.25, -0.2) is 4.79 Å². The summed E-state index contributed by atoms with van der Waals surface area (Å²) in [6.45, 7) is 5.87. The van der Waals surface area contributed by atoms with Crippen molar-refractivity contribution < 1.29 is 9.53 Å². The molecule has 0 fully saturated rings. The number of nitrogens with zero attached hydrogens (tertiary/aromatic N) is 2. The Morgan fingerprint density at radius 1 is 1.17 bits per heavy atom. The summed E-state index contributed by atoms with van der Waals surface area (Å²) in [5.74, 6) is -0.536. The second-order valence-electron chi connectivity index (χ2n) is 5.73. The molecule has 0 aliphatic carbocycles. The van der Waals surface area contributed by atoms with Gasteiger partial charge in [-0.1, -0.05) is 25.1 Å². The Kier molecular flexibility index (Phi) is 5.39. The van der Waals surface area contributed by atoms with Crippen molar-refractivity contribution in [3.05, 3.63) is 56.4 Å². The topological polar surface area (TPSA) is 70.3 Å². The molecule has 1 heterocycles. The summed E-state index contributed by atoms with van der Waals surface area (Å²) in [7, 11) is 1.26. The Hall–Kier alpha value is -2.63. The number of carbonyl (C=O) groups excluding carboxylic acids is 1. The molecule has 0 aliphatic heterocycles. The molecule has 2 rings (SSSR count). The summed E-state index contributed by atoms with van der Waals surface area (Å²) in [5, 5.41) is 0. The molecule has 0 N–H and O–H groups in total. The van der Waals surface area contributed by atoms with Gasteiger partial charge in [-0.05, 0) is 37.0 Å². The lowest BCUT2D eigenvalue weighted by Crippen LogP contribution is -2.41. The Labute approximate surface area is 140 Å². The van der Waals surface area contributed by atoms with Crippen LogP contribution in [0.3, 0.4) is 0 Å². The standard InChI is InChI=1S/C18H22N2O4/c1-5-9-20-17(22)15(14-8-6-7-12(2)13(14)3)10-19(18(20)23)11-16(21)24-4/h6-8,10H,5,9,11H2,1-4H3. The zero-order valence-corrected chi connectivity index (χ0v) is 14.5. The lowest BCUT2D eigenvalue weighted by atomic mass is 9.99. The SMILES string of the molecule is CCCn1c(=O)c(-c2cccc(C)c2C)cn(CC(=O)OC)c1=O. The largest absolute Gasteiger partial charge is 0.468 e. The van der Waals surface area contributed by atoms with Crippen LogP contribution < -0.4 is 11.2 Å². The average Bonchev–Trinajstić information content (AvgIpc) is 2.56. The van der Waals surface area contributed by atoms with Crippen LogP contribution in [-0.4, -0.2) is 22.2 Å². The first-order chi connectivity index (χ1) is 11.4. The molecule has 0 unspecified atom stereocenters. The van der Waals surface area contributed by atoms with E-state index in [1.807, 2.05) is 39.0 Å². The molecule has 6 heteroatoms. The number of hydrogen-bond donors (Lipinski definition) is 0. The van der Waals surface area contributed by atoms with E-state index in [0.29, 0.717) is 18.5 Å². The fourth-order valence-electron chi connectivity index (χ4n) is 2.62. The first-order valence-electron chi connectivity index (χ1n) is 7.88. The van der Waals surface area contributed by atoms with E-state index in [-0.39, 0.29) is 12.1 Å². The molecular weight excluding hydrogens is 308 g/mol. The van der Waals surface area contributed by atoms with Gasteiger partial charge < -0.3 is 4.74 Å². The van der Waals surface area contributed by atoms with Crippen molar-refractivity contribution in [3.8, 4) is 11.1 Å². The summed E-state index contributed by atoms with van der Waals surface area (Å²) in [4.78, 5) is 36.9. The van der Waals surface area contributed by atoms with Gasteiger partial charge in [0.25, 0.3) is 5.56 Å². The molecule has 128 valence electrons. The summed E-state index contributed by atoms with van der Waals surface area (Å²) in [5.41, 5.74) is 2.37. The van der Waals surface area contributed by atoms with Crippen LogP contribution in [0.15, 0.2) is 34.0 Å². The summed E-state index contributed by atoms with van der Waals surface area (Å²) >= 11 is 0. The van der Waals surface area contributed by atoms with Crippen LogP contribution in [0.4, 0.5) is 0 Å². The number of esters is 1. The monoisotopic (exact) mass is 330 g/mol. The molecule has 0 saturated carbocycles. The molecule has 0 radical (unpaired) electrons. The maximum absolute atomic E-state index is 12.8.